The van der Waals surface area contributed by atoms with Gasteiger partial charge in [0.2, 0.25) is 0 Å². The molecule has 54 heavy (non-hydrogen) atoms. The van der Waals surface area contributed by atoms with Crippen LogP contribution in [0, 0.1) is 0 Å². The van der Waals surface area contributed by atoms with E-state index in [0.29, 0.717) is 17.5 Å². The molecule has 0 saturated heterocycles. The molecule has 12 rings (SSSR count). The molecule has 0 bridgehead atoms. The van der Waals surface area contributed by atoms with E-state index in [0.717, 1.165) is 44.2 Å². The summed E-state index contributed by atoms with van der Waals surface area (Å²) in [6.07, 6.45) is 0. The van der Waals surface area contributed by atoms with Crippen molar-refractivity contribution in [1.82, 2.24) is 15.0 Å². The summed E-state index contributed by atoms with van der Waals surface area (Å²) in [5.74, 6) is 1.89. The van der Waals surface area contributed by atoms with Gasteiger partial charge in [-0.25, -0.2) is 15.0 Å². The molecule has 0 N–H and O–H groups in total. The zero-order valence-corrected chi connectivity index (χ0v) is 29.0. The molecule has 2 aromatic heterocycles. The maximum Gasteiger partial charge on any atom is 0.164 e. The first-order valence-corrected chi connectivity index (χ1v) is 18.4. The van der Waals surface area contributed by atoms with Crippen molar-refractivity contribution in [3.63, 3.8) is 0 Å². The van der Waals surface area contributed by atoms with E-state index in [1.807, 2.05) is 42.5 Å². The third-order valence-corrected chi connectivity index (χ3v) is 11.5. The highest BCUT2D eigenvalue weighted by molar-refractivity contribution is 6.08. The van der Waals surface area contributed by atoms with Gasteiger partial charge in [-0.2, -0.15) is 0 Å². The average molecular weight is 688 g/mol. The summed E-state index contributed by atoms with van der Waals surface area (Å²) in [5.41, 5.74) is 14.0. The molecule has 0 amide bonds. The van der Waals surface area contributed by atoms with Gasteiger partial charge in [0.15, 0.2) is 17.5 Å². The van der Waals surface area contributed by atoms with Gasteiger partial charge in [-0.15, -0.1) is 0 Å². The molecule has 4 heteroatoms. The lowest BCUT2D eigenvalue weighted by Crippen LogP contribution is -2.31. The van der Waals surface area contributed by atoms with E-state index in [9.17, 15) is 0 Å². The van der Waals surface area contributed by atoms with Crippen molar-refractivity contribution in [2.45, 2.75) is 5.41 Å². The van der Waals surface area contributed by atoms with Crippen LogP contribution in [0.15, 0.2) is 180 Å². The topological polar surface area (TPSA) is 51.8 Å². The molecule has 1 spiro atoms. The fourth-order valence-electron chi connectivity index (χ4n) is 9.37. The van der Waals surface area contributed by atoms with Gasteiger partial charge < -0.3 is 4.42 Å². The van der Waals surface area contributed by atoms with Crippen LogP contribution in [0.25, 0.3) is 89.1 Å². The van der Waals surface area contributed by atoms with E-state index in [-0.39, 0.29) is 0 Å². The second kappa shape index (κ2) is 10.9. The largest absolute Gasteiger partial charge is 0.456 e. The maximum atomic E-state index is 6.18. The number of nitrogens with zero attached hydrogens (tertiary/aromatic N) is 3. The monoisotopic (exact) mass is 687 g/mol. The van der Waals surface area contributed by atoms with Crippen molar-refractivity contribution < 1.29 is 4.42 Å². The van der Waals surface area contributed by atoms with Crippen LogP contribution in [-0.2, 0) is 5.41 Å². The van der Waals surface area contributed by atoms with Crippen LogP contribution in [0.4, 0.5) is 0 Å². The van der Waals surface area contributed by atoms with Gasteiger partial charge in [0.1, 0.15) is 11.2 Å². The van der Waals surface area contributed by atoms with Gasteiger partial charge >= 0.3 is 0 Å². The normalized spacial score (nSPS) is 15.1. The first-order chi connectivity index (χ1) is 26.8. The van der Waals surface area contributed by atoms with Crippen molar-refractivity contribution in [2.24, 2.45) is 0 Å². The van der Waals surface area contributed by atoms with Crippen molar-refractivity contribution >= 4 is 32.7 Å². The zero-order chi connectivity index (χ0) is 35.4. The van der Waals surface area contributed by atoms with Gasteiger partial charge in [0.05, 0.1) is 5.41 Å². The van der Waals surface area contributed by atoms with Crippen molar-refractivity contribution in [3.05, 3.63) is 198 Å². The van der Waals surface area contributed by atoms with Crippen molar-refractivity contribution in [3.8, 4) is 56.4 Å². The zero-order valence-electron chi connectivity index (χ0n) is 29.0. The summed E-state index contributed by atoms with van der Waals surface area (Å²) in [4.78, 5) is 15.7. The Balaban J connectivity index is 1.16. The van der Waals surface area contributed by atoms with E-state index in [1.165, 1.54) is 49.7 Å². The predicted octanol–water partition coefficient (Wildman–Crippen LogP) is 12.3. The summed E-state index contributed by atoms with van der Waals surface area (Å²) in [5, 5.41) is 4.66. The second-order valence-corrected chi connectivity index (χ2v) is 14.3. The maximum absolute atomic E-state index is 6.18. The molecule has 250 valence electrons. The SMILES string of the molecule is c1ccc(-c2nc(-c3ccc4oc5ccccc5c4c3)nc(-c3cccc4c3-c3ccccc3C43c4ccccc4-c4cccc5cccc3c45)n2)cc1. The highest BCUT2D eigenvalue weighted by Crippen LogP contribution is 2.63. The Morgan fingerprint density at radius 1 is 0.370 bits per heavy atom. The Hall–Kier alpha value is -7.17. The smallest absolute Gasteiger partial charge is 0.164 e. The summed E-state index contributed by atoms with van der Waals surface area (Å²) in [6.45, 7) is 0. The minimum Gasteiger partial charge on any atom is -0.456 e. The molecule has 8 aromatic carbocycles. The van der Waals surface area contributed by atoms with Gasteiger partial charge in [-0.3, -0.25) is 0 Å². The number of hydrogen-bond donors (Lipinski definition) is 0. The number of aromatic nitrogens is 3. The second-order valence-electron chi connectivity index (χ2n) is 14.3. The molecule has 1 unspecified atom stereocenters. The molecular weight excluding hydrogens is 659 g/mol. The predicted molar refractivity (Wildman–Crippen MR) is 217 cm³/mol. The minimum atomic E-state index is -0.530. The minimum absolute atomic E-state index is 0.530. The molecule has 1 atom stereocenters. The highest BCUT2D eigenvalue weighted by atomic mass is 16.3. The van der Waals surface area contributed by atoms with Crippen LogP contribution in [0.5, 0.6) is 0 Å². The van der Waals surface area contributed by atoms with Crippen LogP contribution >= 0.6 is 0 Å². The number of hydrogen-bond acceptors (Lipinski definition) is 4. The number of rotatable bonds is 3. The number of benzene rings is 8. The Labute approximate surface area is 311 Å². The Kier molecular flexibility index (Phi) is 5.95. The molecule has 0 saturated carbocycles. The fraction of sp³-hybridized carbons (Fsp3) is 0.0200. The molecule has 0 fully saturated rings. The number of fused-ring (bicyclic) bond motifs is 12. The van der Waals surface area contributed by atoms with Crippen molar-refractivity contribution in [2.75, 3.05) is 0 Å². The van der Waals surface area contributed by atoms with Crippen LogP contribution < -0.4 is 0 Å². The van der Waals surface area contributed by atoms with E-state index >= 15 is 0 Å². The Bertz CT molecular complexity index is 3170. The van der Waals surface area contributed by atoms with E-state index in [4.69, 9.17) is 19.4 Å². The summed E-state index contributed by atoms with van der Waals surface area (Å²) >= 11 is 0. The van der Waals surface area contributed by atoms with E-state index in [1.54, 1.807) is 0 Å². The van der Waals surface area contributed by atoms with Crippen LogP contribution in [0.2, 0.25) is 0 Å². The summed E-state index contributed by atoms with van der Waals surface area (Å²) in [6, 6.07) is 62.6. The molecule has 2 aliphatic carbocycles. The van der Waals surface area contributed by atoms with Gasteiger partial charge in [0.25, 0.3) is 0 Å². The van der Waals surface area contributed by atoms with Crippen LogP contribution in [0.1, 0.15) is 22.3 Å². The molecule has 0 radical (unpaired) electrons. The first kappa shape index (κ1) is 29.4. The molecule has 2 heterocycles. The summed E-state index contributed by atoms with van der Waals surface area (Å²) < 4.78 is 6.18. The molecule has 4 nitrogen and oxygen atoms in total. The molecular formula is C50H29N3O. The summed E-state index contributed by atoms with van der Waals surface area (Å²) in [7, 11) is 0. The van der Waals surface area contributed by atoms with Crippen LogP contribution in [0.3, 0.4) is 0 Å². The third kappa shape index (κ3) is 3.89. The fourth-order valence-corrected chi connectivity index (χ4v) is 9.37. The number of furan rings is 1. The quantitative estimate of drug-likeness (QED) is 0.185. The van der Waals surface area contributed by atoms with E-state index in [2.05, 4.69) is 133 Å². The lowest BCUT2D eigenvalue weighted by atomic mass is 9.61. The Morgan fingerprint density at radius 3 is 1.83 bits per heavy atom. The van der Waals surface area contributed by atoms with Gasteiger partial charge in [-0.05, 0) is 79.5 Å². The average Bonchev–Trinajstić information content (AvgIpc) is 3.76. The van der Waals surface area contributed by atoms with Crippen LogP contribution in [-0.4, -0.2) is 15.0 Å². The molecule has 10 aromatic rings. The van der Waals surface area contributed by atoms with E-state index < -0.39 is 5.41 Å². The lowest BCUT2D eigenvalue weighted by Gasteiger charge is -2.40. The highest BCUT2D eigenvalue weighted by Gasteiger charge is 2.50. The molecule has 2 aliphatic rings. The lowest BCUT2D eigenvalue weighted by molar-refractivity contribution is 0.669. The standard InChI is InChI=1S/C50H29N3O/c1-2-13-31(14-3-1)47-51-48(32-27-28-44-38(29-32)34-18-6-9-26-43(34)54-44)53-49(52-47)37-21-12-25-42-46(37)36-19-5-8-23-40(36)50(42)39-22-7-4-17-33(39)35-20-10-15-30-16-11-24-41(50)45(30)35/h1-29H. The Morgan fingerprint density at radius 2 is 0.963 bits per heavy atom. The van der Waals surface area contributed by atoms with Gasteiger partial charge in [-0.1, -0.05) is 152 Å². The first-order valence-electron chi connectivity index (χ1n) is 18.4. The third-order valence-electron chi connectivity index (χ3n) is 11.5. The molecule has 0 aliphatic heterocycles. The number of para-hydroxylation sites is 1. The van der Waals surface area contributed by atoms with Gasteiger partial charge in [0, 0.05) is 27.5 Å². The van der Waals surface area contributed by atoms with Crippen molar-refractivity contribution in [1.29, 1.82) is 0 Å².